The summed E-state index contributed by atoms with van der Waals surface area (Å²) in [7, 11) is 1.74. The van der Waals surface area contributed by atoms with Gasteiger partial charge in [0, 0.05) is 55.6 Å². The Kier molecular flexibility index (Phi) is 4.78. The number of aromatic nitrogens is 3. The Morgan fingerprint density at radius 1 is 1.00 bits per heavy atom. The van der Waals surface area contributed by atoms with Crippen LogP contribution in [0.1, 0.15) is 19.5 Å². The second-order valence-corrected chi connectivity index (χ2v) is 8.45. The standard InChI is InChI=1S/C25H24N6O/c1-16-15-31(23-12-24(32)29(3)22-9-8-18(13-26)28-25(22)23)17(2)14-30(16)21-10-11-27-20-7-5-4-6-19(20)21/h4-12,16-17H,14-15H2,1-3H3/t16-,17+/m1/s1. The Labute approximate surface area is 186 Å². The smallest absolute Gasteiger partial charge is 0.252 e. The molecule has 5 rings (SSSR count). The van der Waals surface area contributed by atoms with Gasteiger partial charge in [-0.15, -0.1) is 0 Å². The van der Waals surface area contributed by atoms with Gasteiger partial charge in [0.1, 0.15) is 17.3 Å². The van der Waals surface area contributed by atoms with E-state index in [2.05, 4.69) is 51.8 Å². The summed E-state index contributed by atoms with van der Waals surface area (Å²) in [6.07, 6.45) is 1.86. The van der Waals surface area contributed by atoms with E-state index < -0.39 is 0 Å². The molecule has 0 unspecified atom stereocenters. The summed E-state index contributed by atoms with van der Waals surface area (Å²) in [6, 6.07) is 17.9. The second-order valence-electron chi connectivity index (χ2n) is 8.45. The largest absolute Gasteiger partial charge is 0.364 e. The molecule has 1 aliphatic rings. The third-order valence-corrected chi connectivity index (χ3v) is 6.41. The van der Waals surface area contributed by atoms with Crippen LogP contribution >= 0.6 is 0 Å². The lowest BCUT2D eigenvalue weighted by Crippen LogP contribution is -2.57. The average molecular weight is 425 g/mol. The molecule has 4 heterocycles. The lowest BCUT2D eigenvalue weighted by Gasteiger charge is -2.46. The van der Waals surface area contributed by atoms with Crippen molar-refractivity contribution in [2.75, 3.05) is 22.9 Å². The maximum atomic E-state index is 12.7. The molecule has 1 aliphatic heterocycles. The van der Waals surface area contributed by atoms with Gasteiger partial charge in [-0.1, -0.05) is 18.2 Å². The third kappa shape index (κ3) is 3.16. The summed E-state index contributed by atoms with van der Waals surface area (Å²) in [4.78, 5) is 26.4. The minimum absolute atomic E-state index is 0.0820. The van der Waals surface area contributed by atoms with Crippen LogP contribution < -0.4 is 15.4 Å². The highest BCUT2D eigenvalue weighted by Gasteiger charge is 2.31. The summed E-state index contributed by atoms with van der Waals surface area (Å²) in [5.41, 5.74) is 4.63. The number of fused-ring (bicyclic) bond motifs is 2. The first-order valence-corrected chi connectivity index (χ1v) is 10.8. The lowest BCUT2D eigenvalue weighted by molar-refractivity contribution is 0.482. The zero-order valence-corrected chi connectivity index (χ0v) is 18.4. The van der Waals surface area contributed by atoms with Crippen molar-refractivity contribution >= 4 is 33.3 Å². The van der Waals surface area contributed by atoms with Gasteiger partial charge in [0.05, 0.1) is 16.7 Å². The van der Waals surface area contributed by atoms with E-state index in [1.807, 2.05) is 24.4 Å². The molecule has 1 saturated heterocycles. The fraction of sp³-hybridized carbons (Fsp3) is 0.280. The van der Waals surface area contributed by atoms with Crippen molar-refractivity contribution in [3.8, 4) is 6.07 Å². The summed E-state index contributed by atoms with van der Waals surface area (Å²) in [5.74, 6) is 0. The van der Waals surface area contributed by atoms with Gasteiger partial charge in [-0.25, -0.2) is 4.98 Å². The van der Waals surface area contributed by atoms with E-state index >= 15 is 0 Å². The van der Waals surface area contributed by atoms with Crippen molar-refractivity contribution in [3.63, 3.8) is 0 Å². The van der Waals surface area contributed by atoms with Gasteiger partial charge >= 0.3 is 0 Å². The zero-order chi connectivity index (χ0) is 22.4. The number of aryl methyl sites for hydroxylation is 1. The minimum Gasteiger partial charge on any atom is -0.364 e. The number of nitriles is 1. The molecular weight excluding hydrogens is 400 g/mol. The first kappa shape index (κ1) is 20.0. The number of rotatable bonds is 2. The summed E-state index contributed by atoms with van der Waals surface area (Å²) >= 11 is 0. The van der Waals surface area contributed by atoms with Crippen molar-refractivity contribution in [2.45, 2.75) is 25.9 Å². The number of hydrogen-bond donors (Lipinski definition) is 0. The van der Waals surface area contributed by atoms with E-state index in [4.69, 9.17) is 0 Å². The van der Waals surface area contributed by atoms with Gasteiger partial charge in [-0.3, -0.25) is 9.78 Å². The zero-order valence-electron chi connectivity index (χ0n) is 18.4. The summed E-state index contributed by atoms with van der Waals surface area (Å²) < 4.78 is 1.58. The average Bonchev–Trinajstić information content (AvgIpc) is 2.82. The number of hydrogen-bond acceptors (Lipinski definition) is 6. The second kappa shape index (κ2) is 7.65. The van der Waals surface area contributed by atoms with E-state index in [0.717, 1.165) is 35.2 Å². The van der Waals surface area contributed by atoms with Crippen LogP contribution in [0.5, 0.6) is 0 Å². The van der Waals surface area contributed by atoms with Crippen molar-refractivity contribution < 1.29 is 0 Å². The molecule has 4 aromatic rings. The quantitative estimate of drug-likeness (QED) is 0.490. The first-order valence-electron chi connectivity index (χ1n) is 10.8. The number of nitrogens with zero attached hydrogens (tertiary/aromatic N) is 6. The Morgan fingerprint density at radius 3 is 2.47 bits per heavy atom. The molecule has 160 valence electrons. The fourth-order valence-corrected chi connectivity index (χ4v) is 4.72. The number of para-hydroxylation sites is 1. The van der Waals surface area contributed by atoms with Crippen LogP contribution in [-0.2, 0) is 7.05 Å². The highest BCUT2D eigenvalue weighted by atomic mass is 16.1. The lowest BCUT2D eigenvalue weighted by atomic mass is 10.0. The monoisotopic (exact) mass is 424 g/mol. The molecular formula is C25H24N6O. The molecule has 7 nitrogen and oxygen atoms in total. The van der Waals surface area contributed by atoms with Crippen molar-refractivity contribution in [2.24, 2.45) is 7.05 Å². The highest BCUT2D eigenvalue weighted by Crippen LogP contribution is 2.33. The molecule has 1 fully saturated rings. The molecule has 0 N–H and O–H groups in total. The highest BCUT2D eigenvalue weighted by molar-refractivity contribution is 5.92. The SMILES string of the molecule is C[C@@H]1CN(c2cc(=O)n(C)c3ccc(C#N)nc23)[C@@H](C)CN1c1ccnc2ccccc12. The van der Waals surface area contributed by atoms with Gasteiger partial charge in [0.25, 0.3) is 5.56 Å². The maximum absolute atomic E-state index is 12.7. The van der Waals surface area contributed by atoms with Gasteiger partial charge in [-0.2, -0.15) is 5.26 Å². The third-order valence-electron chi connectivity index (χ3n) is 6.41. The Hall–Kier alpha value is -3.92. The molecule has 3 aromatic heterocycles. The molecule has 2 atom stereocenters. The van der Waals surface area contributed by atoms with Crippen molar-refractivity contribution in [1.29, 1.82) is 5.26 Å². The number of piperazine rings is 1. The Balaban J connectivity index is 1.57. The summed E-state index contributed by atoms with van der Waals surface area (Å²) in [5, 5.41) is 10.5. The van der Waals surface area contributed by atoms with Gasteiger partial charge in [0.15, 0.2) is 0 Å². The molecule has 0 amide bonds. The van der Waals surface area contributed by atoms with E-state index in [0.29, 0.717) is 11.2 Å². The summed E-state index contributed by atoms with van der Waals surface area (Å²) in [6.45, 7) is 5.90. The van der Waals surface area contributed by atoms with Gasteiger partial charge in [0.2, 0.25) is 0 Å². The van der Waals surface area contributed by atoms with Crippen LogP contribution in [0.25, 0.3) is 21.9 Å². The minimum atomic E-state index is -0.0820. The molecule has 0 saturated carbocycles. The molecule has 0 spiro atoms. The van der Waals surface area contributed by atoms with E-state index in [1.165, 1.54) is 5.69 Å². The van der Waals surface area contributed by atoms with Crippen LogP contribution in [0.2, 0.25) is 0 Å². The first-order chi connectivity index (χ1) is 15.5. The maximum Gasteiger partial charge on any atom is 0.252 e. The van der Waals surface area contributed by atoms with Crippen LogP contribution in [0.3, 0.4) is 0 Å². The van der Waals surface area contributed by atoms with Crippen LogP contribution in [-0.4, -0.2) is 39.7 Å². The van der Waals surface area contributed by atoms with Gasteiger partial charge < -0.3 is 14.4 Å². The topological polar surface area (TPSA) is 78.0 Å². The molecule has 7 heteroatoms. The molecule has 1 aromatic carbocycles. The fourth-order valence-electron chi connectivity index (χ4n) is 4.72. The number of pyridine rings is 3. The molecule has 0 aliphatic carbocycles. The van der Waals surface area contributed by atoms with E-state index in [1.54, 1.807) is 29.8 Å². The molecule has 0 radical (unpaired) electrons. The predicted octanol–water partition coefficient (Wildman–Crippen LogP) is 3.46. The molecule has 32 heavy (non-hydrogen) atoms. The normalized spacial score (nSPS) is 18.8. The van der Waals surface area contributed by atoms with Crippen LogP contribution in [0.15, 0.2) is 59.5 Å². The predicted molar refractivity (Wildman–Crippen MR) is 127 cm³/mol. The van der Waals surface area contributed by atoms with E-state index in [-0.39, 0.29) is 17.6 Å². The van der Waals surface area contributed by atoms with Crippen molar-refractivity contribution in [3.05, 3.63) is 70.8 Å². The number of anilines is 2. The Morgan fingerprint density at radius 2 is 1.72 bits per heavy atom. The van der Waals surface area contributed by atoms with E-state index in [9.17, 15) is 10.1 Å². The van der Waals surface area contributed by atoms with Gasteiger partial charge in [-0.05, 0) is 38.1 Å². The molecule has 0 bridgehead atoms. The van der Waals surface area contributed by atoms with Crippen LogP contribution in [0, 0.1) is 11.3 Å². The Bertz CT molecular complexity index is 1430. The van der Waals surface area contributed by atoms with Crippen molar-refractivity contribution in [1.82, 2.24) is 14.5 Å². The van der Waals surface area contributed by atoms with Crippen LogP contribution in [0.4, 0.5) is 11.4 Å². The number of benzene rings is 1.